The Morgan fingerprint density at radius 1 is 0.500 bits per heavy atom. The second-order valence-corrected chi connectivity index (χ2v) is 15.4. The second-order valence-electron chi connectivity index (χ2n) is 15.4. The number of fused-ring (bicyclic) bond motifs is 8. The Hall–Kier alpha value is -7.90. The first-order valence-electron chi connectivity index (χ1n) is 21.1. The molecule has 6 heterocycles. The average Bonchev–Trinajstić information content (AvgIpc) is 4.17. The normalized spacial score (nSPS) is 11.8. The Kier molecular flexibility index (Phi) is 10.7. The minimum Gasteiger partial charge on any atom is -0.466 e. The van der Waals surface area contributed by atoms with Gasteiger partial charge in [-0.1, -0.05) is 127 Å². The minimum absolute atomic E-state index is 0.221. The predicted octanol–water partition coefficient (Wildman–Crippen LogP) is 12.8. The SMILES string of the molecule is O=C(CCc1cc2[nH]c1c(-c1ccccc1)c1nc(c(-c3ccccc3)c3nc(c(-c4ccccc4)c4ccc([nH]4)c2-c2ccccc2)C=C3)C=C1)OCCCc1cccnc1. The van der Waals surface area contributed by atoms with E-state index >= 15 is 0 Å². The van der Waals surface area contributed by atoms with Crippen molar-refractivity contribution in [3.05, 3.63) is 198 Å². The van der Waals surface area contributed by atoms with Crippen LogP contribution >= 0.6 is 0 Å². The number of hydrogen-bond acceptors (Lipinski definition) is 5. The Morgan fingerprint density at radius 2 is 1.02 bits per heavy atom. The predicted molar refractivity (Wildman–Crippen MR) is 252 cm³/mol. The van der Waals surface area contributed by atoms with E-state index in [2.05, 4.69) is 155 Å². The van der Waals surface area contributed by atoms with Gasteiger partial charge in [0.15, 0.2) is 0 Å². The topological polar surface area (TPSA) is 96.6 Å². The van der Waals surface area contributed by atoms with E-state index in [1.165, 1.54) is 0 Å². The van der Waals surface area contributed by atoms with Crippen LogP contribution in [0.15, 0.2) is 164 Å². The van der Waals surface area contributed by atoms with Crippen LogP contribution in [0, 0.1) is 0 Å². The molecule has 0 atom stereocenters. The lowest BCUT2D eigenvalue weighted by molar-refractivity contribution is -0.143. The van der Waals surface area contributed by atoms with Gasteiger partial charge in [0.2, 0.25) is 0 Å². The Bertz CT molecular complexity index is 3120. The zero-order valence-electron chi connectivity index (χ0n) is 34.1. The molecule has 0 radical (unpaired) electrons. The molecule has 8 aromatic rings. The molecule has 0 unspecified atom stereocenters. The Balaban J connectivity index is 1.23. The summed E-state index contributed by atoms with van der Waals surface area (Å²) in [6.45, 7) is 0.351. The quantitative estimate of drug-likeness (QED) is 0.100. The molecule has 8 bridgehead atoms. The number of hydrogen-bond donors (Lipinski definition) is 2. The average molecular weight is 806 g/mol. The standard InChI is InChI=1S/C55H43N5O2/c61-50(62-34-14-16-37-15-13-33-56-36-37)32-25-42-35-49-53(40-21-9-3-10-22-40)47-29-28-45(58-47)51(38-17-5-1-6-18-38)43-26-27-44(57-43)52(39-19-7-2-8-20-39)46-30-31-48(59-46)54(55(42)60-49)41-23-11-4-12-24-41/h1-13,15,17-24,26-31,33,35-36,58,60H,14,16,25,32,34H2. The Morgan fingerprint density at radius 3 is 1.60 bits per heavy atom. The number of benzene rings is 4. The van der Waals surface area contributed by atoms with Crippen molar-refractivity contribution in [3.63, 3.8) is 0 Å². The summed E-state index contributed by atoms with van der Waals surface area (Å²) in [5.74, 6) is -0.230. The number of pyridine rings is 1. The highest BCUT2D eigenvalue weighted by Gasteiger charge is 2.21. The zero-order chi connectivity index (χ0) is 41.7. The first-order chi connectivity index (χ1) is 30.7. The van der Waals surface area contributed by atoms with Crippen molar-refractivity contribution in [1.82, 2.24) is 24.9 Å². The van der Waals surface area contributed by atoms with Gasteiger partial charge in [0.1, 0.15) is 0 Å². The first kappa shape index (κ1) is 38.3. The van der Waals surface area contributed by atoms with E-state index in [-0.39, 0.29) is 12.4 Å². The molecule has 4 aromatic heterocycles. The van der Waals surface area contributed by atoms with Gasteiger partial charge in [-0.3, -0.25) is 9.78 Å². The number of carbonyl (C=O) groups is 1. The summed E-state index contributed by atoms with van der Waals surface area (Å²) in [6.07, 6.45) is 14.2. The highest BCUT2D eigenvalue weighted by atomic mass is 16.5. The number of aromatic amines is 2. The van der Waals surface area contributed by atoms with E-state index in [9.17, 15) is 4.79 Å². The molecule has 300 valence electrons. The monoisotopic (exact) mass is 805 g/mol. The molecule has 2 N–H and O–H groups in total. The van der Waals surface area contributed by atoms with Crippen LogP contribution in [0.25, 0.3) is 90.9 Å². The lowest BCUT2D eigenvalue weighted by Crippen LogP contribution is -2.07. The van der Waals surface area contributed by atoms with E-state index in [0.29, 0.717) is 13.0 Å². The van der Waals surface area contributed by atoms with Crippen LogP contribution in [0.3, 0.4) is 0 Å². The molecule has 7 heteroatoms. The number of carbonyl (C=O) groups excluding carboxylic acids is 1. The molecule has 0 amide bonds. The highest BCUT2D eigenvalue weighted by Crippen LogP contribution is 2.39. The van der Waals surface area contributed by atoms with Gasteiger partial charge in [-0.05, 0) is 101 Å². The summed E-state index contributed by atoms with van der Waals surface area (Å²) in [5, 5.41) is 0. The minimum atomic E-state index is -0.230. The summed E-state index contributed by atoms with van der Waals surface area (Å²) < 4.78 is 5.80. The fourth-order valence-corrected chi connectivity index (χ4v) is 8.50. The smallest absolute Gasteiger partial charge is 0.306 e. The number of H-pyrrole nitrogens is 2. The van der Waals surface area contributed by atoms with E-state index in [4.69, 9.17) is 14.7 Å². The van der Waals surface area contributed by atoms with Crippen molar-refractivity contribution >= 4 is 52.3 Å². The van der Waals surface area contributed by atoms with Crippen LogP contribution in [0.1, 0.15) is 46.7 Å². The maximum Gasteiger partial charge on any atom is 0.306 e. The number of aryl methyl sites for hydroxylation is 2. The van der Waals surface area contributed by atoms with Gasteiger partial charge in [-0.25, -0.2) is 9.97 Å². The number of nitrogens with one attached hydrogen (secondary N) is 2. The second kappa shape index (κ2) is 17.4. The molecular formula is C55H43N5O2. The third kappa shape index (κ3) is 7.92. The third-order valence-electron chi connectivity index (χ3n) is 11.4. The molecule has 0 saturated heterocycles. The molecule has 4 aromatic carbocycles. The number of ether oxygens (including phenoxy) is 1. The van der Waals surface area contributed by atoms with Gasteiger partial charge in [0.25, 0.3) is 0 Å². The number of aromatic nitrogens is 5. The molecule has 0 fully saturated rings. The number of rotatable bonds is 11. The summed E-state index contributed by atoms with van der Waals surface area (Å²) in [4.78, 5) is 36.2. The van der Waals surface area contributed by atoms with Gasteiger partial charge in [-0.15, -0.1) is 0 Å². The fraction of sp³-hybridized carbons (Fsp3) is 0.0909. The van der Waals surface area contributed by atoms with Gasteiger partial charge in [-0.2, -0.15) is 0 Å². The van der Waals surface area contributed by atoms with Gasteiger partial charge in [0, 0.05) is 57.6 Å². The highest BCUT2D eigenvalue weighted by molar-refractivity contribution is 6.01. The van der Waals surface area contributed by atoms with Gasteiger partial charge < -0.3 is 14.7 Å². The van der Waals surface area contributed by atoms with E-state index in [1.807, 2.05) is 42.6 Å². The van der Waals surface area contributed by atoms with E-state index in [0.717, 1.165) is 113 Å². The summed E-state index contributed by atoms with van der Waals surface area (Å²) in [5.41, 5.74) is 17.2. The van der Waals surface area contributed by atoms with Crippen molar-refractivity contribution in [2.75, 3.05) is 6.61 Å². The van der Waals surface area contributed by atoms with Crippen LogP contribution in [0.2, 0.25) is 0 Å². The zero-order valence-corrected chi connectivity index (χ0v) is 34.1. The first-order valence-corrected chi connectivity index (χ1v) is 21.1. The van der Waals surface area contributed by atoms with Crippen LogP contribution in [-0.4, -0.2) is 37.5 Å². The molecule has 0 saturated carbocycles. The number of nitrogens with zero attached hydrogens (tertiary/aromatic N) is 3. The van der Waals surface area contributed by atoms with Gasteiger partial charge in [0.05, 0.1) is 34.9 Å². The van der Waals surface area contributed by atoms with Crippen LogP contribution in [0.4, 0.5) is 0 Å². The summed E-state index contributed by atoms with van der Waals surface area (Å²) in [6, 6.07) is 52.1. The lowest BCUT2D eigenvalue weighted by Gasteiger charge is -2.08. The van der Waals surface area contributed by atoms with Crippen LogP contribution in [0.5, 0.6) is 0 Å². The van der Waals surface area contributed by atoms with E-state index in [1.54, 1.807) is 6.20 Å². The number of esters is 1. The largest absolute Gasteiger partial charge is 0.466 e. The Labute approximate surface area is 360 Å². The molecule has 10 rings (SSSR count). The molecular weight excluding hydrogens is 763 g/mol. The maximum atomic E-state index is 13.4. The lowest BCUT2D eigenvalue weighted by atomic mass is 10.00. The van der Waals surface area contributed by atoms with Crippen LogP contribution < -0.4 is 0 Å². The molecule has 7 nitrogen and oxygen atoms in total. The molecule has 0 spiro atoms. The van der Waals surface area contributed by atoms with Crippen molar-refractivity contribution < 1.29 is 9.53 Å². The van der Waals surface area contributed by atoms with Crippen LogP contribution in [-0.2, 0) is 22.4 Å². The molecule has 2 aliphatic rings. The van der Waals surface area contributed by atoms with E-state index < -0.39 is 0 Å². The fourth-order valence-electron chi connectivity index (χ4n) is 8.50. The molecule has 62 heavy (non-hydrogen) atoms. The van der Waals surface area contributed by atoms with Crippen molar-refractivity contribution in [2.24, 2.45) is 0 Å². The summed E-state index contributed by atoms with van der Waals surface area (Å²) >= 11 is 0. The maximum absolute atomic E-state index is 13.4. The summed E-state index contributed by atoms with van der Waals surface area (Å²) in [7, 11) is 0. The van der Waals surface area contributed by atoms with Crippen molar-refractivity contribution in [1.29, 1.82) is 0 Å². The molecule has 2 aliphatic heterocycles. The van der Waals surface area contributed by atoms with Crippen molar-refractivity contribution in [2.45, 2.75) is 25.7 Å². The van der Waals surface area contributed by atoms with Crippen molar-refractivity contribution in [3.8, 4) is 44.5 Å². The van der Waals surface area contributed by atoms with Gasteiger partial charge >= 0.3 is 5.97 Å². The molecule has 0 aliphatic carbocycles. The third-order valence-corrected chi connectivity index (χ3v) is 11.4.